The van der Waals surface area contributed by atoms with Gasteiger partial charge in [-0.3, -0.25) is 14.5 Å². The van der Waals surface area contributed by atoms with E-state index in [1.165, 1.54) is 18.6 Å². The number of carbonyl (C=O) groups is 3. The molecule has 1 heterocycles. The van der Waals surface area contributed by atoms with E-state index in [0.29, 0.717) is 6.54 Å². The van der Waals surface area contributed by atoms with Crippen molar-refractivity contribution in [2.45, 2.75) is 25.3 Å². The van der Waals surface area contributed by atoms with Crippen LogP contribution >= 0.6 is 11.6 Å². The molecule has 8 heteroatoms. The van der Waals surface area contributed by atoms with Crippen molar-refractivity contribution in [1.82, 2.24) is 15.5 Å². The zero-order valence-electron chi connectivity index (χ0n) is 15.9. The molecule has 0 aromatic heterocycles. The van der Waals surface area contributed by atoms with Crippen LogP contribution in [0.1, 0.15) is 24.5 Å². The highest BCUT2D eigenvalue weighted by molar-refractivity contribution is 6.32. The quantitative estimate of drug-likeness (QED) is 0.537. The van der Waals surface area contributed by atoms with Crippen LogP contribution in [0, 0.1) is 5.82 Å². The third-order valence-corrected chi connectivity index (χ3v) is 5.17. The van der Waals surface area contributed by atoms with E-state index in [2.05, 4.69) is 10.6 Å². The number of hydrogen-bond acceptors (Lipinski definition) is 3. The van der Waals surface area contributed by atoms with Gasteiger partial charge in [0.2, 0.25) is 5.91 Å². The summed E-state index contributed by atoms with van der Waals surface area (Å²) in [5.74, 6) is -1.60. The summed E-state index contributed by atoms with van der Waals surface area (Å²) in [6.07, 6.45) is 1.55. The minimum Gasteiger partial charge on any atom is -0.355 e. The molecule has 1 saturated heterocycles. The standard InChI is InChI=1S/C21H21ClFN3O3/c1-21(16-10-9-15(23)12-17(16)22)19(28)26(20(29)25-21)13-18(27)24-11-5-8-14-6-3-2-4-7-14/h2-4,6-7,9-10,12H,5,8,11,13H2,1H3,(H,24,27)(H,25,29). The fourth-order valence-electron chi connectivity index (χ4n) is 3.28. The molecule has 0 bridgehead atoms. The molecule has 1 aliphatic heterocycles. The Morgan fingerprint density at radius 1 is 1.21 bits per heavy atom. The SMILES string of the molecule is CC1(c2ccc(F)cc2Cl)NC(=O)N(CC(=O)NCCCc2ccccc2)C1=O. The molecule has 1 aliphatic rings. The highest BCUT2D eigenvalue weighted by Gasteiger charge is 2.50. The lowest BCUT2D eigenvalue weighted by Crippen LogP contribution is -2.43. The first-order valence-electron chi connectivity index (χ1n) is 9.21. The second-order valence-corrected chi connectivity index (χ2v) is 7.42. The topological polar surface area (TPSA) is 78.5 Å². The average Bonchev–Trinajstić information content (AvgIpc) is 2.89. The van der Waals surface area contributed by atoms with E-state index in [1.54, 1.807) is 0 Å². The largest absolute Gasteiger partial charge is 0.355 e. The summed E-state index contributed by atoms with van der Waals surface area (Å²) in [7, 11) is 0. The van der Waals surface area contributed by atoms with Gasteiger partial charge < -0.3 is 10.6 Å². The van der Waals surface area contributed by atoms with Crippen molar-refractivity contribution in [3.05, 3.63) is 70.5 Å². The highest BCUT2D eigenvalue weighted by atomic mass is 35.5. The first-order valence-corrected chi connectivity index (χ1v) is 9.59. The van der Waals surface area contributed by atoms with Gasteiger partial charge in [0, 0.05) is 17.1 Å². The van der Waals surface area contributed by atoms with Gasteiger partial charge in [-0.25, -0.2) is 9.18 Å². The number of hydrogen-bond donors (Lipinski definition) is 2. The van der Waals surface area contributed by atoms with E-state index in [9.17, 15) is 18.8 Å². The molecule has 2 N–H and O–H groups in total. The number of rotatable bonds is 7. The number of carbonyl (C=O) groups excluding carboxylic acids is 3. The van der Waals surface area contributed by atoms with Gasteiger partial charge in [-0.1, -0.05) is 48.0 Å². The minimum atomic E-state index is -1.46. The molecule has 0 saturated carbocycles. The fraction of sp³-hybridized carbons (Fsp3) is 0.286. The van der Waals surface area contributed by atoms with Crippen molar-refractivity contribution in [2.24, 2.45) is 0 Å². The van der Waals surface area contributed by atoms with Crippen LogP contribution in [0.5, 0.6) is 0 Å². The zero-order chi connectivity index (χ0) is 21.0. The number of halogens is 2. The molecule has 1 fully saturated rings. The molecule has 4 amide bonds. The van der Waals surface area contributed by atoms with Crippen LogP contribution in [0.25, 0.3) is 0 Å². The summed E-state index contributed by atoms with van der Waals surface area (Å²) in [4.78, 5) is 38.2. The molecule has 0 spiro atoms. The number of nitrogens with one attached hydrogen (secondary N) is 2. The summed E-state index contributed by atoms with van der Waals surface area (Å²) >= 11 is 6.06. The third kappa shape index (κ3) is 4.56. The Bertz CT molecular complexity index is 938. The van der Waals surface area contributed by atoms with Crippen molar-refractivity contribution in [3.63, 3.8) is 0 Å². The maximum Gasteiger partial charge on any atom is 0.325 e. The predicted molar refractivity (Wildman–Crippen MR) is 107 cm³/mol. The van der Waals surface area contributed by atoms with Crippen LogP contribution in [0.3, 0.4) is 0 Å². The fourth-order valence-corrected chi connectivity index (χ4v) is 3.64. The van der Waals surface area contributed by atoms with Gasteiger partial charge in [-0.15, -0.1) is 0 Å². The van der Waals surface area contributed by atoms with Crippen LogP contribution in [0.2, 0.25) is 5.02 Å². The monoisotopic (exact) mass is 417 g/mol. The molecule has 2 aromatic rings. The van der Waals surface area contributed by atoms with Gasteiger partial charge in [0.25, 0.3) is 5.91 Å². The van der Waals surface area contributed by atoms with E-state index in [0.717, 1.165) is 29.9 Å². The zero-order valence-corrected chi connectivity index (χ0v) is 16.6. The predicted octanol–water partition coefficient (Wildman–Crippen LogP) is 3.00. The Morgan fingerprint density at radius 3 is 2.62 bits per heavy atom. The molecular formula is C21H21ClFN3O3. The number of nitrogens with zero attached hydrogens (tertiary/aromatic N) is 1. The van der Waals surface area contributed by atoms with Gasteiger partial charge in [0.15, 0.2) is 0 Å². The van der Waals surface area contributed by atoms with Crippen LogP contribution < -0.4 is 10.6 Å². The summed E-state index contributed by atoms with van der Waals surface area (Å²) in [6.45, 7) is 1.51. The molecular weight excluding hydrogens is 397 g/mol. The maximum atomic E-state index is 13.3. The van der Waals surface area contributed by atoms with Crippen molar-refractivity contribution >= 4 is 29.4 Å². The summed E-state index contributed by atoms with van der Waals surface area (Å²) in [5, 5.41) is 5.29. The first kappa shape index (κ1) is 20.8. The molecule has 0 aliphatic carbocycles. The number of aryl methyl sites for hydroxylation is 1. The van der Waals surface area contributed by atoms with Gasteiger partial charge in [0.1, 0.15) is 17.9 Å². The maximum absolute atomic E-state index is 13.3. The lowest BCUT2D eigenvalue weighted by atomic mass is 9.92. The number of amides is 4. The van der Waals surface area contributed by atoms with Crippen molar-refractivity contribution < 1.29 is 18.8 Å². The van der Waals surface area contributed by atoms with Crippen LogP contribution in [-0.4, -0.2) is 35.8 Å². The molecule has 3 rings (SSSR count). The van der Waals surface area contributed by atoms with Crippen LogP contribution in [-0.2, 0) is 21.5 Å². The van der Waals surface area contributed by atoms with Crippen LogP contribution in [0.15, 0.2) is 48.5 Å². The summed E-state index contributed by atoms with van der Waals surface area (Å²) in [6, 6.07) is 12.8. The second kappa shape index (κ2) is 8.61. The van der Waals surface area contributed by atoms with E-state index in [-0.39, 0.29) is 10.6 Å². The molecule has 0 radical (unpaired) electrons. The summed E-state index contributed by atoms with van der Waals surface area (Å²) < 4.78 is 13.3. The molecule has 1 atom stereocenters. The van der Waals surface area contributed by atoms with E-state index in [1.807, 2.05) is 30.3 Å². The highest BCUT2D eigenvalue weighted by Crippen LogP contribution is 2.33. The first-order chi connectivity index (χ1) is 13.8. The number of benzene rings is 2. The third-order valence-electron chi connectivity index (χ3n) is 4.85. The number of imide groups is 1. The Balaban J connectivity index is 1.57. The lowest BCUT2D eigenvalue weighted by molar-refractivity contribution is -0.134. The van der Waals surface area contributed by atoms with Crippen molar-refractivity contribution in [2.75, 3.05) is 13.1 Å². The Morgan fingerprint density at radius 2 is 1.93 bits per heavy atom. The molecule has 29 heavy (non-hydrogen) atoms. The normalized spacial score (nSPS) is 18.7. The molecule has 6 nitrogen and oxygen atoms in total. The smallest absolute Gasteiger partial charge is 0.325 e. The Labute approximate surface area is 173 Å². The van der Waals surface area contributed by atoms with Gasteiger partial charge in [-0.2, -0.15) is 0 Å². The van der Waals surface area contributed by atoms with E-state index in [4.69, 9.17) is 11.6 Å². The lowest BCUT2D eigenvalue weighted by Gasteiger charge is -2.23. The average molecular weight is 418 g/mol. The van der Waals surface area contributed by atoms with Gasteiger partial charge in [0.05, 0.1) is 0 Å². The van der Waals surface area contributed by atoms with Crippen molar-refractivity contribution in [1.29, 1.82) is 0 Å². The second-order valence-electron chi connectivity index (χ2n) is 7.01. The van der Waals surface area contributed by atoms with Gasteiger partial charge >= 0.3 is 6.03 Å². The Kier molecular flexibility index (Phi) is 6.17. The molecule has 2 aromatic carbocycles. The van der Waals surface area contributed by atoms with E-state index >= 15 is 0 Å². The van der Waals surface area contributed by atoms with Crippen molar-refractivity contribution in [3.8, 4) is 0 Å². The van der Waals surface area contributed by atoms with E-state index < -0.39 is 35.7 Å². The molecule has 152 valence electrons. The Hall–Kier alpha value is -2.93. The summed E-state index contributed by atoms with van der Waals surface area (Å²) in [5.41, 5.74) is -0.0254. The minimum absolute atomic E-state index is 0.0216. The van der Waals surface area contributed by atoms with Crippen LogP contribution in [0.4, 0.5) is 9.18 Å². The van der Waals surface area contributed by atoms with Gasteiger partial charge in [-0.05, 0) is 37.5 Å². The number of urea groups is 1. The molecule has 1 unspecified atom stereocenters.